The van der Waals surface area contributed by atoms with Gasteiger partial charge in [-0.2, -0.15) is 0 Å². The summed E-state index contributed by atoms with van der Waals surface area (Å²) in [5.41, 5.74) is -0.461. The van der Waals surface area contributed by atoms with Crippen LogP contribution in [0.4, 0.5) is 0 Å². The molecule has 0 radical (unpaired) electrons. The molecule has 94 valence electrons. The Bertz CT molecular complexity index is 271. The van der Waals surface area contributed by atoms with Gasteiger partial charge < -0.3 is 9.80 Å². The maximum atomic E-state index is 12.2. The van der Waals surface area contributed by atoms with Crippen molar-refractivity contribution in [2.75, 3.05) is 33.7 Å². The molecule has 0 aliphatic carbocycles. The molecule has 1 saturated heterocycles. The van der Waals surface area contributed by atoms with E-state index in [2.05, 4.69) is 24.1 Å². The Hall–Kier alpha value is -0.610. The van der Waals surface area contributed by atoms with E-state index in [1.165, 1.54) is 0 Å². The molecule has 0 aromatic carbocycles. The Kier molecular flexibility index (Phi) is 3.65. The van der Waals surface area contributed by atoms with E-state index in [4.69, 9.17) is 0 Å². The van der Waals surface area contributed by atoms with Gasteiger partial charge in [0.25, 0.3) is 0 Å². The van der Waals surface area contributed by atoms with Crippen molar-refractivity contribution in [2.24, 2.45) is 0 Å². The predicted octanol–water partition coefficient (Wildman–Crippen LogP) is 0.537. The number of nitrogens with one attached hydrogen (secondary N) is 1. The minimum Gasteiger partial charge on any atom is -0.338 e. The molecule has 0 saturated carbocycles. The van der Waals surface area contributed by atoms with Gasteiger partial charge in [-0.15, -0.1) is 0 Å². The third kappa shape index (κ3) is 3.19. The lowest BCUT2D eigenvalue weighted by Crippen LogP contribution is -2.70. The Morgan fingerprint density at radius 2 is 1.88 bits per heavy atom. The molecule has 4 heteroatoms. The standard InChI is InChI=1S/C12H25N3O/c1-11(2)9-15(8-7-14(5)6)10(16)12(3,4)13-11/h13H,7-9H2,1-6H3. The highest BCUT2D eigenvalue weighted by Gasteiger charge is 2.42. The summed E-state index contributed by atoms with van der Waals surface area (Å²) < 4.78 is 0. The zero-order valence-corrected chi connectivity index (χ0v) is 11.4. The van der Waals surface area contributed by atoms with Crippen molar-refractivity contribution in [1.29, 1.82) is 0 Å². The van der Waals surface area contributed by atoms with Gasteiger partial charge in [-0.1, -0.05) is 0 Å². The smallest absolute Gasteiger partial charge is 0.242 e. The number of hydrogen-bond acceptors (Lipinski definition) is 3. The largest absolute Gasteiger partial charge is 0.338 e. The Morgan fingerprint density at radius 1 is 1.31 bits per heavy atom. The van der Waals surface area contributed by atoms with Crippen molar-refractivity contribution in [3.05, 3.63) is 0 Å². The van der Waals surface area contributed by atoms with Crippen LogP contribution in [0.25, 0.3) is 0 Å². The van der Waals surface area contributed by atoms with Gasteiger partial charge >= 0.3 is 0 Å². The first kappa shape index (κ1) is 13.5. The summed E-state index contributed by atoms with van der Waals surface area (Å²) in [6, 6.07) is 0. The summed E-state index contributed by atoms with van der Waals surface area (Å²) in [6.07, 6.45) is 0. The van der Waals surface area contributed by atoms with Crippen LogP contribution in [0.15, 0.2) is 0 Å². The number of likely N-dealkylation sites (N-methyl/N-ethyl adjacent to an activating group) is 1. The first-order chi connectivity index (χ1) is 7.14. The van der Waals surface area contributed by atoms with Gasteiger partial charge in [0.1, 0.15) is 0 Å². The van der Waals surface area contributed by atoms with E-state index in [0.29, 0.717) is 0 Å². The van der Waals surface area contributed by atoms with Crippen molar-refractivity contribution in [1.82, 2.24) is 15.1 Å². The van der Waals surface area contributed by atoms with Crippen LogP contribution >= 0.6 is 0 Å². The minimum atomic E-state index is -0.450. The first-order valence-electron chi connectivity index (χ1n) is 5.87. The van der Waals surface area contributed by atoms with E-state index < -0.39 is 5.54 Å². The molecular formula is C12H25N3O. The van der Waals surface area contributed by atoms with Gasteiger partial charge in [0.2, 0.25) is 5.91 Å². The van der Waals surface area contributed by atoms with Crippen LogP contribution in [0.2, 0.25) is 0 Å². The fourth-order valence-corrected chi connectivity index (χ4v) is 2.38. The van der Waals surface area contributed by atoms with E-state index in [1.807, 2.05) is 32.8 Å². The fourth-order valence-electron chi connectivity index (χ4n) is 2.38. The number of hydrogen-bond donors (Lipinski definition) is 1. The summed E-state index contributed by atoms with van der Waals surface area (Å²) in [6.45, 7) is 10.7. The molecule has 1 N–H and O–H groups in total. The van der Waals surface area contributed by atoms with Gasteiger partial charge in [0, 0.05) is 25.2 Å². The van der Waals surface area contributed by atoms with Crippen molar-refractivity contribution in [3.63, 3.8) is 0 Å². The number of piperazine rings is 1. The van der Waals surface area contributed by atoms with Crippen LogP contribution in [0, 0.1) is 0 Å². The van der Waals surface area contributed by atoms with E-state index in [1.54, 1.807) is 0 Å². The second-order valence-electron chi connectivity index (χ2n) is 6.16. The molecule has 0 bridgehead atoms. The zero-order chi connectivity index (χ0) is 12.6. The molecule has 0 aromatic rings. The average molecular weight is 227 g/mol. The summed E-state index contributed by atoms with van der Waals surface area (Å²) in [4.78, 5) is 16.3. The van der Waals surface area contributed by atoms with Crippen LogP contribution in [-0.2, 0) is 4.79 Å². The molecule has 1 heterocycles. The van der Waals surface area contributed by atoms with Crippen LogP contribution in [0.1, 0.15) is 27.7 Å². The Morgan fingerprint density at radius 3 is 2.38 bits per heavy atom. The van der Waals surface area contributed by atoms with Crippen LogP contribution in [-0.4, -0.2) is 60.5 Å². The number of amides is 1. The highest BCUT2D eigenvalue weighted by molar-refractivity contribution is 5.86. The van der Waals surface area contributed by atoms with Crippen molar-refractivity contribution in [2.45, 2.75) is 38.8 Å². The number of carbonyl (C=O) groups is 1. The molecule has 1 aliphatic heterocycles. The third-order valence-corrected chi connectivity index (χ3v) is 2.88. The normalized spacial score (nSPS) is 23.9. The highest BCUT2D eigenvalue weighted by Crippen LogP contribution is 2.21. The number of carbonyl (C=O) groups excluding carboxylic acids is 1. The maximum absolute atomic E-state index is 12.2. The van der Waals surface area contributed by atoms with E-state index in [0.717, 1.165) is 19.6 Å². The maximum Gasteiger partial charge on any atom is 0.242 e. The molecule has 0 aromatic heterocycles. The lowest BCUT2D eigenvalue weighted by Gasteiger charge is -2.47. The molecule has 1 amide bonds. The van der Waals surface area contributed by atoms with Crippen LogP contribution in [0.3, 0.4) is 0 Å². The van der Waals surface area contributed by atoms with Crippen molar-refractivity contribution in [3.8, 4) is 0 Å². The number of nitrogens with zero attached hydrogens (tertiary/aromatic N) is 2. The van der Waals surface area contributed by atoms with E-state index in [9.17, 15) is 4.79 Å². The van der Waals surface area contributed by atoms with Crippen molar-refractivity contribution < 1.29 is 4.79 Å². The highest BCUT2D eigenvalue weighted by atomic mass is 16.2. The topological polar surface area (TPSA) is 35.6 Å². The second-order valence-corrected chi connectivity index (χ2v) is 6.16. The average Bonchev–Trinajstić information content (AvgIpc) is 2.07. The lowest BCUT2D eigenvalue weighted by atomic mass is 9.90. The molecule has 4 nitrogen and oxygen atoms in total. The van der Waals surface area contributed by atoms with Crippen LogP contribution in [0.5, 0.6) is 0 Å². The molecule has 0 atom stereocenters. The molecule has 0 spiro atoms. The number of rotatable bonds is 3. The second kappa shape index (κ2) is 4.34. The summed E-state index contributed by atoms with van der Waals surface area (Å²) >= 11 is 0. The van der Waals surface area contributed by atoms with Gasteiger partial charge in [0.15, 0.2) is 0 Å². The summed E-state index contributed by atoms with van der Waals surface area (Å²) in [5.74, 6) is 0.202. The molecule has 0 unspecified atom stereocenters. The SMILES string of the molecule is CN(C)CCN1CC(C)(C)NC(C)(C)C1=O. The molecule has 1 rings (SSSR count). The molecular weight excluding hydrogens is 202 g/mol. The predicted molar refractivity (Wildman–Crippen MR) is 66.4 cm³/mol. The van der Waals surface area contributed by atoms with Crippen LogP contribution < -0.4 is 5.32 Å². The Balaban J connectivity index is 2.72. The van der Waals surface area contributed by atoms with Crippen molar-refractivity contribution >= 4 is 5.91 Å². The van der Waals surface area contributed by atoms with E-state index in [-0.39, 0.29) is 11.4 Å². The quantitative estimate of drug-likeness (QED) is 0.764. The third-order valence-electron chi connectivity index (χ3n) is 2.88. The summed E-state index contributed by atoms with van der Waals surface area (Å²) in [7, 11) is 4.06. The van der Waals surface area contributed by atoms with Gasteiger partial charge in [-0.3, -0.25) is 10.1 Å². The first-order valence-corrected chi connectivity index (χ1v) is 5.87. The van der Waals surface area contributed by atoms with Gasteiger partial charge in [0.05, 0.1) is 5.54 Å². The summed E-state index contributed by atoms with van der Waals surface area (Å²) in [5, 5.41) is 3.39. The lowest BCUT2D eigenvalue weighted by molar-refractivity contribution is -0.143. The monoisotopic (exact) mass is 227 g/mol. The fraction of sp³-hybridized carbons (Fsp3) is 0.917. The Labute approximate surface area is 99.0 Å². The molecule has 1 fully saturated rings. The minimum absolute atomic E-state index is 0.0102. The van der Waals surface area contributed by atoms with Gasteiger partial charge in [-0.05, 0) is 41.8 Å². The van der Waals surface area contributed by atoms with E-state index >= 15 is 0 Å². The van der Waals surface area contributed by atoms with Gasteiger partial charge in [-0.25, -0.2) is 0 Å². The molecule has 16 heavy (non-hydrogen) atoms. The zero-order valence-electron chi connectivity index (χ0n) is 11.4. The molecule has 1 aliphatic rings.